The van der Waals surface area contributed by atoms with Crippen LogP contribution in [0.1, 0.15) is 12.8 Å². The Morgan fingerprint density at radius 3 is 2.11 bits per heavy atom. The van der Waals surface area contributed by atoms with Crippen molar-refractivity contribution < 1.29 is 29.1 Å². The first-order valence-electron chi connectivity index (χ1n) is 5.83. The number of hydrogen-bond acceptors (Lipinski definition) is 5. The molecule has 2 N–H and O–H groups in total. The van der Waals surface area contributed by atoms with E-state index in [-0.39, 0.29) is 17.4 Å². The molecule has 0 radical (unpaired) electrons. The van der Waals surface area contributed by atoms with Gasteiger partial charge in [-0.25, -0.2) is 0 Å². The van der Waals surface area contributed by atoms with Crippen LogP contribution in [0.2, 0.25) is 0 Å². The average molecular weight is 292 g/mol. The van der Waals surface area contributed by atoms with E-state index in [2.05, 4.69) is 0 Å². The predicted octanol–water partition coefficient (Wildman–Crippen LogP) is -0.210. The van der Waals surface area contributed by atoms with Crippen molar-refractivity contribution in [2.24, 2.45) is 0 Å². The summed E-state index contributed by atoms with van der Waals surface area (Å²) in [6, 6.07) is 0. The third-order valence-corrected chi connectivity index (χ3v) is 3.00. The quantitative estimate of drug-likeness (QED) is 0.451. The number of nitrogens with zero attached hydrogens (tertiary/aromatic N) is 1. The summed E-state index contributed by atoms with van der Waals surface area (Å²) in [7, 11) is 5.14. The summed E-state index contributed by atoms with van der Waals surface area (Å²) in [6.45, 7) is -0.122. The van der Waals surface area contributed by atoms with Crippen molar-refractivity contribution in [2.75, 3.05) is 39.7 Å². The first-order chi connectivity index (χ1) is 8.52. The number of likely N-dealkylation sites (N-methyl/N-ethyl adjacent to an activating group) is 1. The van der Waals surface area contributed by atoms with E-state index in [1.807, 2.05) is 0 Å². The van der Waals surface area contributed by atoms with Gasteiger partial charge in [0.05, 0.1) is 27.6 Å². The normalized spacial score (nSPS) is 14.8. The Kier molecular flexibility index (Phi) is 6.68. The zero-order valence-electron chi connectivity index (χ0n) is 11.8. The lowest BCUT2D eigenvalue weighted by Gasteiger charge is -2.33. The molecule has 0 heterocycles. The summed E-state index contributed by atoms with van der Waals surface area (Å²) < 4.78 is 0.186. The summed E-state index contributed by atoms with van der Waals surface area (Å²) in [5, 5.41) is 19.1. The van der Waals surface area contributed by atoms with E-state index in [0.717, 1.165) is 0 Å². The lowest BCUT2D eigenvalue weighted by molar-refractivity contribution is -0.875. The van der Waals surface area contributed by atoms with E-state index < -0.39 is 29.6 Å². The minimum atomic E-state index is -2.14. The molecule has 0 amide bonds. The molecule has 0 aromatic rings. The number of thioether (sulfide) groups is 1. The van der Waals surface area contributed by atoms with Crippen LogP contribution in [0.3, 0.4) is 0 Å². The van der Waals surface area contributed by atoms with Crippen molar-refractivity contribution in [3.8, 4) is 0 Å². The summed E-state index contributed by atoms with van der Waals surface area (Å²) >= 11 is 1.41. The van der Waals surface area contributed by atoms with Gasteiger partial charge in [0, 0.05) is 12.2 Å². The topological polar surface area (TPSA) is 91.7 Å². The molecule has 0 aromatic heterocycles. The van der Waals surface area contributed by atoms with Crippen LogP contribution in [-0.2, 0) is 14.4 Å². The van der Waals surface area contributed by atoms with Gasteiger partial charge in [0.2, 0.25) is 11.6 Å². The number of carboxylic acids is 1. The molecule has 0 spiro atoms. The van der Waals surface area contributed by atoms with E-state index in [9.17, 15) is 19.5 Å². The minimum Gasteiger partial charge on any atom is -0.481 e. The van der Waals surface area contributed by atoms with Crippen molar-refractivity contribution in [2.45, 2.75) is 18.4 Å². The molecular weight excluding hydrogens is 270 g/mol. The second-order valence-electron chi connectivity index (χ2n) is 5.55. The number of carboxylic acid groups (broad SMARTS) is 1. The zero-order chi connectivity index (χ0) is 15.3. The molecule has 7 heteroatoms. The highest BCUT2D eigenvalue weighted by Gasteiger charge is 2.45. The van der Waals surface area contributed by atoms with Crippen molar-refractivity contribution >= 4 is 29.3 Å². The molecule has 0 rings (SSSR count). The predicted molar refractivity (Wildman–Crippen MR) is 73.1 cm³/mol. The molecule has 0 aliphatic carbocycles. The van der Waals surface area contributed by atoms with Gasteiger partial charge in [-0.3, -0.25) is 14.4 Å². The van der Waals surface area contributed by atoms with E-state index in [0.29, 0.717) is 5.75 Å². The van der Waals surface area contributed by atoms with Crippen LogP contribution >= 0.6 is 11.8 Å². The molecule has 110 valence electrons. The number of carbonyl (C=O) groups excluding carboxylic acids is 2. The fourth-order valence-corrected chi connectivity index (χ4v) is 2.20. The van der Waals surface area contributed by atoms with E-state index in [1.165, 1.54) is 11.8 Å². The highest BCUT2D eigenvalue weighted by molar-refractivity contribution is 7.98. The minimum absolute atomic E-state index is 0.0130. The molecule has 19 heavy (non-hydrogen) atoms. The zero-order valence-corrected chi connectivity index (χ0v) is 12.6. The number of quaternary nitrogens is 1. The van der Waals surface area contributed by atoms with Crippen molar-refractivity contribution in [3.63, 3.8) is 0 Å². The number of aliphatic carboxylic acids is 1. The van der Waals surface area contributed by atoms with E-state index >= 15 is 0 Å². The van der Waals surface area contributed by atoms with E-state index in [4.69, 9.17) is 5.11 Å². The lowest BCUT2D eigenvalue weighted by Crippen LogP contribution is -2.56. The van der Waals surface area contributed by atoms with Gasteiger partial charge in [-0.05, 0) is 6.26 Å². The third-order valence-electron chi connectivity index (χ3n) is 2.39. The molecule has 0 saturated carbocycles. The van der Waals surface area contributed by atoms with Gasteiger partial charge in [-0.2, -0.15) is 11.8 Å². The van der Waals surface area contributed by atoms with Gasteiger partial charge in [0.1, 0.15) is 6.54 Å². The van der Waals surface area contributed by atoms with Gasteiger partial charge in [-0.15, -0.1) is 0 Å². The number of ketones is 2. The van der Waals surface area contributed by atoms with Crippen molar-refractivity contribution in [1.82, 2.24) is 0 Å². The Labute approximate surface area is 117 Å². The fraction of sp³-hybridized carbons (Fsp3) is 0.750. The summed E-state index contributed by atoms with van der Waals surface area (Å²) in [5.74, 6) is -2.55. The fourth-order valence-electron chi connectivity index (χ4n) is 1.81. The van der Waals surface area contributed by atoms with Crippen LogP contribution in [0.5, 0.6) is 0 Å². The Hall–Kier alpha value is -0.920. The lowest BCUT2D eigenvalue weighted by atomic mass is 9.89. The highest BCUT2D eigenvalue weighted by Crippen LogP contribution is 2.18. The second kappa shape index (κ2) is 7.02. The Morgan fingerprint density at radius 1 is 1.21 bits per heavy atom. The van der Waals surface area contributed by atoms with Gasteiger partial charge in [0.15, 0.2) is 5.60 Å². The van der Waals surface area contributed by atoms with Crippen LogP contribution < -0.4 is 0 Å². The van der Waals surface area contributed by atoms with Crippen LogP contribution in [0, 0.1) is 0 Å². The first-order valence-corrected chi connectivity index (χ1v) is 7.22. The number of carbonyl (C=O) groups is 3. The Balaban J connectivity index is 5.07. The maximum absolute atomic E-state index is 12.0. The molecule has 0 bridgehead atoms. The van der Waals surface area contributed by atoms with Crippen LogP contribution in [0.15, 0.2) is 0 Å². The maximum Gasteiger partial charge on any atom is 0.307 e. The summed E-state index contributed by atoms with van der Waals surface area (Å²) in [5.41, 5.74) is -2.14. The Bertz CT molecular complexity index is 364. The van der Waals surface area contributed by atoms with Crippen molar-refractivity contribution in [3.05, 3.63) is 0 Å². The summed E-state index contributed by atoms with van der Waals surface area (Å²) in [4.78, 5) is 34.5. The molecule has 0 saturated heterocycles. The van der Waals surface area contributed by atoms with Crippen molar-refractivity contribution in [1.29, 1.82) is 0 Å². The molecule has 0 aliphatic rings. The molecule has 0 aromatic carbocycles. The number of aliphatic hydroxyl groups is 1. The molecule has 6 nitrogen and oxygen atoms in total. The molecule has 0 aliphatic heterocycles. The molecule has 0 fully saturated rings. The van der Waals surface area contributed by atoms with Crippen LogP contribution in [-0.4, -0.2) is 77.5 Å². The SMILES string of the molecule is CSCCC(=O)C(=O)C(O)(CC(=O)O)C[N+](C)(C)C. The first kappa shape index (κ1) is 18.1. The Morgan fingerprint density at radius 2 is 1.74 bits per heavy atom. The smallest absolute Gasteiger partial charge is 0.307 e. The molecule has 1 atom stereocenters. The highest BCUT2D eigenvalue weighted by atomic mass is 32.2. The van der Waals surface area contributed by atoms with Gasteiger partial charge < -0.3 is 14.7 Å². The summed E-state index contributed by atoms with van der Waals surface area (Å²) in [6.07, 6.45) is 1.05. The molecule has 1 unspecified atom stereocenters. The van der Waals surface area contributed by atoms with Gasteiger partial charge in [-0.1, -0.05) is 0 Å². The second-order valence-corrected chi connectivity index (χ2v) is 6.53. The monoisotopic (exact) mass is 292 g/mol. The van der Waals surface area contributed by atoms with Gasteiger partial charge in [0.25, 0.3) is 0 Å². The average Bonchev–Trinajstić information content (AvgIpc) is 2.20. The maximum atomic E-state index is 12.0. The van der Waals surface area contributed by atoms with E-state index in [1.54, 1.807) is 27.4 Å². The standard InChI is InChI=1S/C12H21NO5S/c1-13(2,3)8-12(18,7-10(15)16)11(17)9(14)5-6-19-4/h18H,5-8H2,1-4H3/p+1. The van der Waals surface area contributed by atoms with Crippen LogP contribution in [0.25, 0.3) is 0 Å². The van der Waals surface area contributed by atoms with Crippen LogP contribution in [0.4, 0.5) is 0 Å². The number of rotatable bonds is 9. The number of hydrogen-bond donors (Lipinski definition) is 2. The van der Waals surface area contributed by atoms with Gasteiger partial charge >= 0.3 is 5.97 Å². The largest absolute Gasteiger partial charge is 0.481 e. The molecular formula is C12H22NO5S+. The number of Topliss-reactive ketones (excluding diaryl/α,β-unsaturated/α-hetero) is 2. The third kappa shape index (κ3) is 6.70.